The van der Waals surface area contributed by atoms with Crippen molar-refractivity contribution in [2.75, 3.05) is 4.90 Å². The van der Waals surface area contributed by atoms with Crippen LogP contribution in [0.2, 0.25) is 5.02 Å². The van der Waals surface area contributed by atoms with Crippen LogP contribution in [0.25, 0.3) is 16.3 Å². The molecule has 0 atom stereocenters. The number of anilines is 1. The molecular weight excluding hydrogens is 467 g/mol. The molecule has 1 amide bonds. The molecule has 0 N–H and O–H groups in total. The number of fused-ring (bicyclic) bond motifs is 1. The number of rotatable bonds is 4. The Morgan fingerprint density at radius 3 is 2.58 bits per heavy atom. The summed E-state index contributed by atoms with van der Waals surface area (Å²) in [5.41, 5.74) is 1.23. The zero-order valence-corrected chi connectivity index (χ0v) is 18.2. The molecule has 2 heterocycles. The van der Waals surface area contributed by atoms with Gasteiger partial charge in [-0.25, -0.2) is 19.3 Å². The van der Waals surface area contributed by atoms with E-state index in [0.717, 1.165) is 11.3 Å². The number of para-hydroxylation sites is 1. The number of nitro groups is 1. The summed E-state index contributed by atoms with van der Waals surface area (Å²) < 4.78 is 14.5. The fraction of sp³-hybridized carbons (Fsp3) is 0. The summed E-state index contributed by atoms with van der Waals surface area (Å²) in [6.45, 7) is 0. The van der Waals surface area contributed by atoms with Crippen molar-refractivity contribution in [3.63, 3.8) is 0 Å². The minimum Gasteiger partial charge on any atom is -0.266 e. The van der Waals surface area contributed by atoms with Crippen molar-refractivity contribution in [1.29, 1.82) is 0 Å². The minimum atomic E-state index is -0.582. The molecule has 0 aliphatic carbocycles. The van der Waals surface area contributed by atoms with Gasteiger partial charge in [0.2, 0.25) is 0 Å². The Morgan fingerprint density at radius 1 is 1.09 bits per heavy atom. The number of amides is 1. The van der Waals surface area contributed by atoms with Crippen molar-refractivity contribution < 1.29 is 14.1 Å². The van der Waals surface area contributed by atoms with Gasteiger partial charge in [-0.15, -0.1) is 0 Å². The number of hydrogen-bond donors (Lipinski definition) is 0. The van der Waals surface area contributed by atoms with Crippen LogP contribution in [0.5, 0.6) is 0 Å². The molecular formula is C23H12ClFN4O3S. The van der Waals surface area contributed by atoms with Crippen molar-refractivity contribution in [1.82, 2.24) is 4.98 Å². The first kappa shape index (κ1) is 20.9. The van der Waals surface area contributed by atoms with Crippen LogP contribution >= 0.6 is 22.9 Å². The summed E-state index contributed by atoms with van der Waals surface area (Å²) >= 11 is 7.00. The first-order valence-electron chi connectivity index (χ1n) is 9.61. The van der Waals surface area contributed by atoms with E-state index >= 15 is 0 Å². The molecule has 162 valence electrons. The lowest BCUT2D eigenvalue weighted by Crippen LogP contribution is -2.32. The number of aromatic nitrogens is 1. The Morgan fingerprint density at radius 2 is 1.82 bits per heavy atom. The predicted octanol–water partition coefficient (Wildman–Crippen LogP) is 5.83. The van der Waals surface area contributed by atoms with Crippen LogP contribution in [0.3, 0.4) is 0 Å². The number of hydrogen-bond acceptors (Lipinski definition) is 6. The molecule has 0 radical (unpaired) electrons. The molecule has 0 fully saturated rings. The van der Waals surface area contributed by atoms with Crippen molar-refractivity contribution in [3.8, 4) is 0 Å². The van der Waals surface area contributed by atoms with Gasteiger partial charge in [-0.2, -0.15) is 0 Å². The first-order valence-corrected chi connectivity index (χ1v) is 10.8. The molecule has 1 aliphatic rings. The largest absolute Gasteiger partial charge is 0.284 e. The maximum absolute atomic E-state index is 13.9. The third-order valence-corrected chi connectivity index (χ3v) is 6.22. The van der Waals surface area contributed by atoms with Crippen molar-refractivity contribution in [3.05, 3.63) is 105 Å². The third-order valence-electron chi connectivity index (χ3n) is 4.93. The smallest absolute Gasteiger partial charge is 0.266 e. The first-order chi connectivity index (χ1) is 15.9. The lowest BCUT2D eigenvalue weighted by Gasteiger charge is -2.14. The normalized spacial score (nSPS) is 14.8. The molecule has 0 saturated heterocycles. The molecule has 33 heavy (non-hydrogen) atoms. The topological polar surface area (TPSA) is 88.7 Å². The number of amidine groups is 1. The highest BCUT2D eigenvalue weighted by Crippen LogP contribution is 2.36. The van der Waals surface area contributed by atoms with Gasteiger partial charge in [-0.05, 0) is 24.3 Å². The van der Waals surface area contributed by atoms with Crippen LogP contribution in [-0.4, -0.2) is 21.7 Å². The van der Waals surface area contributed by atoms with Gasteiger partial charge in [0.15, 0.2) is 5.13 Å². The fourth-order valence-electron chi connectivity index (χ4n) is 3.41. The Balaban J connectivity index is 1.66. The van der Waals surface area contributed by atoms with Gasteiger partial charge in [0.1, 0.15) is 17.3 Å². The number of aliphatic imine (C=N–C) groups is 1. The maximum Gasteiger partial charge on any atom is 0.284 e. The minimum absolute atomic E-state index is 0.0200. The van der Waals surface area contributed by atoms with E-state index in [4.69, 9.17) is 11.6 Å². The Hall–Kier alpha value is -3.95. The maximum atomic E-state index is 13.9. The van der Waals surface area contributed by atoms with Crippen LogP contribution in [0.1, 0.15) is 11.1 Å². The number of halogens is 2. The van der Waals surface area contributed by atoms with Crippen LogP contribution in [0.15, 0.2) is 77.4 Å². The summed E-state index contributed by atoms with van der Waals surface area (Å²) in [6.07, 6.45) is 1.38. The van der Waals surface area contributed by atoms with E-state index in [2.05, 4.69) is 9.98 Å². The summed E-state index contributed by atoms with van der Waals surface area (Å²) in [7, 11) is 0. The molecule has 0 saturated carbocycles. The van der Waals surface area contributed by atoms with Gasteiger partial charge in [0.25, 0.3) is 11.6 Å². The standard InChI is InChI=1S/C23H12ClFN4O3S/c24-15-11-17-20(12-16(15)25)33-23(27-17)28-21(13-6-2-1-3-7-13)26-18(22(28)30)10-14-8-4-5-9-19(14)29(31)32/h1-12H/b18-10-. The number of nitrogens with zero attached hydrogens (tertiary/aromatic N) is 4. The van der Waals surface area contributed by atoms with E-state index in [1.54, 1.807) is 42.5 Å². The predicted molar refractivity (Wildman–Crippen MR) is 126 cm³/mol. The van der Waals surface area contributed by atoms with E-state index in [1.165, 1.54) is 29.2 Å². The van der Waals surface area contributed by atoms with E-state index in [0.29, 0.717) is 21.6 Å². The van der Waals surface area contributed by atoms with E-state index in [9.17, 15) is 19.3 Å². The highest BCUT2D eigenvalue weighted by atomic mass is 35.5. The zero-order valence-electron chi connectivity index (χ0n) is 16.6. The molecule has 10 heteroatoms. The van der Waals surface area contributed by atoms with Gasteiger partial charge in [-0.1, -0.05) is 65.4 Å². The van der Waals surface area contributed by atoms with Crippen molar-refractivity contribution in [2.45, 2.75) is 0 Å². The SMILES string of the molecule is O=C1/C(=C/c2ccccc2[N+](=O)[O-])N=C(c2ccccc2)N1c1nc2cc(Cl)c(F)cc2s1. The fourth-order valence-corrected chi connectivity index (χ4v) is 4.54. The van der Waals surface area contributed by atoms with Crippen molar-refractivity contribution in [2.24, 2.45) is 4.99 Å². The molecule has 4 aromatic rings. The summed E-state index contributed by atoms with van der Waals surface area (Å²) in [5.74, 6) is -0.769. The van der Waals surface area contributed by atoms with Crippen LogP contribution in [0, 0.1) is 15.9 Å². The zero-order chi connectivity index (χ0) is 23.1. The van der Waals surface area contributed by atoms with E-state index in [-0.39, 0.29) is 27.1 Å². The quantitative estimate of drug-likeness (QED) is 0.209. The lowest BCUT2D eigenvalue weighted by atomic mass is 10.1. The van der Waals surface area contributed by atoms with Gasteiger partial charge in [-0.3, -0.25) is 14.9 Å². The number of carbonyl (C=O) groups excluding carboxylic acids is 1. The third kappa shape index (κ3) is 3.77. The molecule has 0 unspecified atom stereocenters. The van der Waals surface area contributed by atoms with Gasteiger partial charge >= 0.3 is 0 Å². The summed E-state index contributed by atoms with van der Waals surface area (Å²) in [6, 6.07) is 17.8. The molecule has 7 nitrogen and oxygen atoms in total. The van der Waals surface area contributed by atoms with Crippen molar-refractivity contribution >= 4 is 61.8 Å². The monoisotopic (exact) mass is 478 g/mol. The van der Waals surface area contributed by atoms with Crippen LogP contribution in [-0.2, 0) is 4.79 Å². The Labute approximate surface area is 195 Å². The van der Waals surface area contributed by atoms with E-state index < -0.39 is 16.6 Å². The highest BCUT2D eigenvalue weighted by molar-refractivity contribution is 7.22. The average molecular weight is 479 g/mol. The molecule has 5 rings (SSSR count). The average Bonchev–Trinajstić information content (AvgIpc) is 3.35. The number of carbonyl (C=O) groups is 1. The van der Waals surface area contributed by atoms with Crippen LogP contribution in [0.4, 0.5) is 15.2 Å². The van der Waals surface area contributed by atoms with Gasteiger partial charge in [0.05, 0.1) is 25.7 Å². The second-order valence-electron chi connectivity index (χ2n) is 7.02. The number of benzene rings is 3. The highest BCUT2D eigenvalue weighted by Gasteiger charge is 2.35. The molecule has 0 bridgehead atoms. The summed E-state index contributed by atoms with van der Waals surface area (Å²) in [5, 5.41) is 11.6. The molecule has 1 aromatic heterocycles. The summed E-state index contributed by atoms with van der Waals surface area (Å²) in [4.78, 5) is 34.6. The molecule has 1 aliphatic heterocycles. The number of thiazole rings is 1. The van der Waals surface area contributed by atoms with Gasteiger partial charge < -0.3 is 0 Å². The van der Waals surface area contributed by atoms with E-state index in [1.807, 2.05) is 6.07 Å². The van der Waals surface area contributed by atoms with Crippen LogP contribution < -0.4 is 4.90 Å². The Kier molecular flexibility index (Phi) is 5.20. The van der Waals surface area contributed by atoms with Gasteiger partial charge in [0, 0.05) is 11.6 Å². The molecule has 3 aromatic carbocycles. The Bertz CT molecular complexity index is 1460. The molecule has 0 spiro atoms. The number of nitro benzene ring substituents is 1. The second kappa shape index (κ2) is 8.19. The lowest BCUT2D eigenvalue weighted by molar-refractivity contribution is -0.385. The second-order valence-corrected chi connectivity index (χ2v) is 8.43.